The minimum Gasteiger partial charge on any atom is -0.460 e. The number of aromatic nitrogens is 1. The number of hydrogen-bond acceptors (Lipinski definition) is 5. The number of ether oxygens (including phenoxy) is 2. The monoisotopic (exact) mass is 343 g/mol. The quantitative estimate of drug-likeness (QED) is 0.659. The summed E-state index contributed by atoms with van der Waals surface area (Å²) >= 11 is 3.38. The zero-order valence-electron chi connectivity index (χ0n) is 10.4. The van der Waals surface area contributed by atoms with Crippen LogP contribution in [0.3, 0.4) is 0 Å². The SMILES string of the molecule is OC[C@H]1O[C@@H](Oc2c[nH]c3ccc(Br)cc23)C(O)[C@H]1O. The molecule has 6 nitrogen and oxygen atoms in total. The lowest BCUT2D eigenvalue weighted by molar-refractivity contribution is -0.115. The largest absolute Gasteiger partial charge is 0.460 e. The summed E-state index contributed by atoms with van der Waals surface area (Å²) in [6, 6.07) is 5.67. The number of hydrogen-bond donors (Lipinski definition) is 4. The molecule has 0 radical (unpaired) electrons. The normalized spacial score (nSPS) is 30.0. The Kier molecular flexibility index (Phi) is 3.70. The molecule has 0 bridgehead atoms. The minimum atomic E-state index is -1.20. The molecule has 0 spiro atoms. The molecule has 1 aliphatic heterocycles. The van der Waals surface area contributed by atoms with Crippen molar-refractivity contribution in [2.75, 3.05) is 6.61 Å². The highest BCUT2D eigenvalue weighted by molar-refractivity contribution is 9.10. The van der Waals surface area contributed by atoms with Crippen LogP contribution in [0.2, 0.25) is 0 Å². The van der Waals surface area contributed by atoms with E-state index in [1.54, 1.807) is 6.20 Å². The van der Waals surface area contributed by atoms with Crippen molar-refractivity contribution in [1.29, 1.82) is 0 Å². The van der Waals surface area contributed by atoms with Gasteiger partial charge in [0.25, 0.3) is 0 Å². The fraction of sp³-hybridized carbons (Fsp3) is 0.385. The summed E-state index contributed by atoms with van der Waals surface area (Å²) in [7, 11) is 0. The van der Waals surface area contributed by atoms with Crippen LogP contribution in [0.25, 0.3) is 10.9 Å². The molecule has 0 aliphatic carbocycles. The van der Waals surface area contributed by atoms with E-state index >= 15 is 0 Å². The second kappa shape index (κ2) is 5.34. The highest BCUT2D eigenvalue weighted by Crippen LogP contribution is 2.31. The smallest absolute Gasteiger partial charge is 0.229 e. The molecule has 7 heteroatoms. The van der Waals surface area contributed by atoms with Crippen molar-refractivity contribution in [2.24, 2.45) is 0 Å². The third-order valence-corrected chi connectivity index (χ3v) is 3.84. The van der Waals surface area contributed by atoms with Gasteiger partial charge in [0.05, 0.1) is 6.61 Å². The number of rotatable bonds is 3. The van der Waals surface area contributed by atoms with Crippen molar-refractivity contribution in [3.8, 4) is 5.75 Å². The first kappa shape index (κ1) is 13.8. The number of fused-ring (bicyclic) bond motifs is 1. The number of benzene rings is 1. The third kappa shape index (κ3) is 2.32. The maximum Gasteiger partial charge on any atom is 0.229 e. The Morgan fingerprint density at radius 3 is 2.80 bits per heavy atom. The second-order valence-corrected chi connectivity index (χ2v) is 5.58. The van der Waals surface area contributed by atoms with Crippen LogP contribution >= 0.6 is 15.9 Å². The number of aromatic amines is 1. The molecule has 1 unspecified atom stereocenters. The van der Waals surface area contributed by atoms with Gasteiger partial charge in [0.2, 0.25) is 6.29 Å². The van der Waals surface area contributed by atoms with Gasteiger partial charge in [-0.05, 0) is 18.2 Å². The Morgan fingerprint density at radius 1 is 1.30 bits per heavy atom. The molecule has 108 valence electrons. The molecule has 1 aromatic heterocycles. The standard InChI is InChI=1S/C13H14BrNO5/c14-6-1-2-8-7(3-6)9(4-15-8)19-13-12(18)11(17)10(5-16)20-13/h1-4,10-13,15-18H,5H2/t10-,11+,12?,13-/m1/s1. The number of H-pyrrole nitrogens is 1. The first-order chi connectivity index (χ1) is 9.60. The molecule has 4 N–H and O–H groups in total. The lowest BCUT2D eigenvalue weighted by Gasteiger charge is -2.16. The van der Waals surface area contributed by atoms with Gasteiger partial charge in [0.15, 0.2) is 0 Å². The minimum absolute atomic E-state index is 0.377. The molecule has 1 saturated heterocycles. The number of nitrogens with one attached hydrogen (secondary N) is 1. The van der Waals surface area contributed by atoms with Crippen molar-refractivity contribution in [2.45, 2.75) is 24.6 Å². The zero-order chi connectivity index (χ0) is 14.3. The molecule has 1 fully saturated rings. The summed E-state index contributed by atoms with van der Waals surface area (Å²) in [5.41, 5.74) is 0.884. The van der Waals surface area contributed by atoms with E-state index < -0.39 is 24.6 Å². The van der Waals surface area contributed by atoms with Gasteiger partial charge in [0.1, 0.15) is 24.1 Å². The van der Waals surface area contributed by atoms with Crippen molar-refractivity contribution < 1.29 is 24.8 Å². The molecule has 1 aromatic carbocycles. The fourth-order valence-corrected chi connectivity index (χ4v) is 2.61. The molecule has 3 rings (SSSR count). The molecule has 2 aromatic rings. The fourth-order valence-electron chi connectivity index (χ4n) is 2.25. The van der Waals surface area contributed by atoms with Crippen LogP contribution in [0.1, 0.15) is 0 Å². The van der Waals surface area contributed by atoms with Crippen molar-refractivity contribution in [3.63, 3.8) is 0 Å². The number of aliphatic hydroxyl groups excluding tert-OH is 3. The molecule has 0 amide bonds. The third-order valence-electron chi connectivity index (χ3n) is 3.35. The molecule has 20 heavy (non-hydrogen) atoms. The molecule has 2 heterocycles. The van der Waals surface area contributed by atoms with Crippen LogP contribution in [-0.2, 0) is 4.74 Å². The van der Waals surface area contributed by atoms with Gasteiger partial charge in [-0.2, -0.15) is 0 Å². The van der Waals surface area contributed by atoms with Crippen LogP contribution in [0.5, 0.6) is 5.75 Å². The van der Waals surface area contributed by atoms with E-state index in [0.29, 0.717) is 5.75 Å². The Hall–Kier alpha value is -1.12. The van der Waals surface area contributed by atoms with Crippen molar-refractivity contribution in [1.82, 2.24) is 4.98 Å². The van der Waals surface area contributed by atoms with E-state index in [1.807, 2.05) is 18.2 Å². The predicted molar refractivity (Wildman–Crippen MR) is 74.4 cm³/mol. The van der Waals surface area contributed by atoms with Crippen molar-refractivity contribution >= 4 is 26.8 Å². The van der Waals surface area contributed by atoms with Gasteiger partial charge in [0, 0.05) is 21.6 Å². The molecular weight excluding hydrogens is 330 g/mol. The van der Waals surface area contributed by atoms with E-state index in [0.717, 1.165) is 15.4 Å². The van der Waals surface area contributed by atoms with Crippen LogP contribution in [0, 0.1) is 0 Å². The first-order valence-electron chi connectivity index (χ1n) is 6.16. The lowest BCUT2D eigenvalue weighted by Crippen LogP contribution is -2.35. The summed E-state index contributed by atoms with van der Waals surface area (Å²) in [4.78, 5) is 3.05. The molecule has 4 atom stereocenters. The van der Waals surface area contributed by atoms with E-state index in [2.05, 4.69) is 20.9 Å². The number of halogens is 1. The molecular formula is C13H14BrNO5. The Bertz CT molecular complexity index is 616. The van der Waals surface area contributed by atoms with Crippen LogP contribution < -0.4 is 4.74 Å². The van der Waals surface area contributed by atoms with Crippen LogP contribution in [0.4, 0.5) is 0 Å². The van der Waals surface area contributed by atoms with Gasteiger partial charge in [-0.15, -0.1) is 0 Å². The first-order valence-corrected chi connectivity index (χ1v) is 6.95. The van der Waals surface area contributed by atoms with E-state index in [1.165, 1.54) is 0 Å². The summed E-state index contributed by atoms with van der Waals surface area (Å²) in [6.45, 7) is -0.377. The Labute approximate surface area is 123 Å². The van der Waals surface area contributed by atoms with Crippen LogP contribution in [0.15, 0.2) is 28.9 Å². The average molecular weight is 344 g/mol. The van der Waals surface area contributed by atoms with Gasteiger partial charge in [-0.3, -0.25) is 0 Å². The molecule has 0 saturated carbocycles. The number of aliphatic hydroxyl groups is 3. The van der Waals surface area contributed by atoms with Gasteiger partial charge < -0.3 is 29.8 Å². The Balaban J connectivity index is 1.85. The maximum absolute atomic E-state index is 9.85. The summed E-state index contributed by atoms with van der Waals surface area (Å²) in [5.74, 6) is 0.510. The highest BCUT2D eigenvalue weighted by Gasteiger charge is 2.44. The van der Waals surface area contributed by atoms with Crippen molar-refractivity contribution in [3.05, 3.63) is 28.9 Å². The highest BCUT2D eigenvalue weighted by atomic mass is 79.9. The summed E-state index contributed by atoms with van der Waals surface area (Å²) < 4.78 is 11.8. The lowest BCUT2D eigenvalue weighted by atomic mass is 10.1. The summed E-state index contributed by atoms with van der Waals surface area (Å²) in [6.07, 6.45) is -2.57. The van der Waals surface area contributed by atoms with E-state index in [9.17, 15) is 10.2 Å². The average Bonchev–Trinajstić information content (AvgIpc) is 2.95. The maximum atomic E-state index is 9.85. The van der Waals surface area contributed by atoms with E-state index in [-0.39, 0.29) is 6.61 Å². The molecule has 1 aliphatic rings. The summed E-state index contributed by atoms with van der Waals surface area (Å²) in [5, 5.41) is 29.4. The van der Waals surface area contributed by atoms with E-state index in [4.69, 9.17) is 14.6 Å². The van der Waals surface area contributed by atoms with Gasteiger partial charge in [-0.1, -0.05) is 15.9 Å². The van der Waals surface area contributed by atoms with Gasteiger partial charge >= 0.3 is 0 Å². The zero-order valence-corrected chi connectivity index (χ0v) is 11.9. The second-order valence-electron chi connectivity index (χ2n) is 4.67. The Morgan fingerprint density at radius 2 is 2.10 bits per heavy atom. The predicted octanol–water partition coefficient (Wildman–Crippen LogP) is 0.748. The van der Waals surface area contributed by atoms with Gasteiger partial charge in [-0.25, -0.2) is 0 Å². The van der Waals surface area contributed by atoms with Crippen LogP contribution in [-0.4, -0.2) is 51.5 Å². The topological polar surface area (TPSA) is 94.9 Å².